The molecule has 3 heterocycles. The van der Waals surface area contributed by atoms with E-state index in [4.69, 9.17) is 21.1 Å². The second-order valence-corrected chi connectivity index (χ2v) is 9.13. The summed E-state index contributed by atoms with van der Waals surface area (Å²) in [5, 5.41) is 9.50. The highest BCUT2D eigenvalue weighted by Gasteiger charge is 2.31. The fourth-order valence-corrected chi connectivity index (χ4v) is 5.13. The van der Waals surface area contributed by atoms with Crippen molar-refractivity contribution >= 4 is 29.3 Å². The number of aromatic nitrogens is 3. The number of benzene rings is 2. The number of ether oxygens (including phenoxy) is 2. The zero-order valence-electron chi connectivity index (χ0n) is 17.4. The van der Waals surface area contributed by atoms with Crippen molar-refractivity contribution in [1.82, 2.24) is 19.7 Å². The van der Waals surface area contributed by atoms with Gasteiger partial charge < -0.3 is 14.4 Å². The molecule has 9 heteroatoms. The number of hydrogen-bond acceptors (Lipinski definition) is 6. The molecule has 2 aliphatic heterocycles. The van der Waals surface area contributed by atoms with Gasteiger partial charge in [0.15, 0.2) is 16.7 Å². The third kappa shape index (κ3) is 4.42. The highest BCUT2D eigenvalue weighted by Crippen LogP contribution is 2.38. The predicted molar refractivity (Wildman–Crippen MR) is 123 cm³/mol. The Bertz CT molecular complexity index is 1120. The van der Waals surface area contributed by atoms with E-state index in [1.54, 1.807) is 6.33 Å². The van der Waals surface area contributed by atoms with Gasteiger partial charge in [-0.3, -0.25) is 9.36 Å². The van der Waals surface area contributed by atoms with Crippen molar-refractivity contribution in [2.45, 2.75) is 30.5 Å². The Morgan fingerprint density at radius 3 is 2.88 bits per heavy atom. The summed E-state index contributed by atoms with van der Waals surface area (Å²) in [6.45, 7) is 2.06. The average Bonchev–Trinajstić information content (AvgIpc) is 3.42. The molecule has 3 aromatic rings. The molecule has 7 nitrogen and oxygen atoms in total. The van der Waals surface area contributed by atoms with Crippen LogP contribution in [0.5, 0.6) is 11.5 Å². The first-order valence-electron chi connectivity index (χ1n) is 10.7. The molecule has 166 valence electrons. The summed E-state index contributed by atoms with van der Waals surface area (Å²) in [7, 11) is 0. The Labute approximate surface area is 195 Å². The largest absolute Gasteiger partial charge is 0.490 e. The maximum Gasteiger partial charge on any atom is 0.233 e. The zero-order valence-corrected chi connectivity index (χ0v) is 19.0. The lowest BCUT2D eigenvalue weighted by molar-refractivity contribution is -0.129. The molecule has 1 amide bonds. The van der Waals surface area contributed by atoms with Gasteiger partial charge in [0.05, 0.1) is 30.7 Å². The molecule has 1 saturated heterocycles. The lowest BCUT2D eigenvalue weighted by Crippen LogP contribution is -2.32. The van der Waals surface area contributed by atoms with Gasteiger partial charge in [0.2, 0.25) is 5.91 Å². The smallest absolute Gasteiger partial charge is 0.233 e. The standard InChI is InChI=1S/C23H23ClN4O3S/c24-17-4-1-5-18(13-17)28-15-25-26-23(28)32-14-22(29)27-9-2-6-19(27)16-7-8-20-21(12-16)31-11-3-10-30-20/h1,4-5,7-8,12-13,15,19H,2-3,6,9-11,14H2/t19-/m0/s1. The minimum absolute atomic E-state index is 0.0473. The molecule has 0 N–H and O–H groups in total. The molecule has 1 atom stereocenters. The second-order valence-electron chi connectivity index (χ2n) is 7.75. The lowest BCUT2D eigenvalue weighted by Gasteiger charge is -2.25. The van der Waals surface area contributed by atoms with Crippen molar-refractivity contribution in [3.63, 3.8) is 0 Å². The van der Waals surface area contributed by atoms with Crippen LogP contribution in [0.3, 0.4) is 0 Å². The van der Waals surface area contributed by atoms with Gasteiger partial charge in [0, 0.05) is 18.0 Å². The van der Waals surface area contributed by atoms with Crippen LogP contribution in [-0.4, -0.2) is 51.1 Å². The fourth-order valence-electron chi connectivity index (χ4n) is 4.13. The maximum atomic E-state index is 13.1. The van der Waals surface area contributed by atoms with Crippen molar-refractivity contribution in [3.05, 3.63) is 59.4 Å². The normalized spacial score (nSPS) is 17.9. The molecule has 2 aromatic carbocycles. The number of likely N-dealkylation sites (tertiary alicyclic amines) is 1. The molecule has 0 radical (unpaired) electrons. The van der Waals surface area contributed by atoms with Gasteiger partial charge in [-0.2, -0.15) is 0 Å². The van der Waals surface area contributed by atoms with Crippen LogP contribution in [0.25, 0.3) is 5.69 Å². The Morgan fingerprint density at radius 1 is 1.12 bits per heavy atom. The number of fused-ring (bicyclic) bond motifs is 1. The highest BCUT2D eigenvalue weighted by atomic mass is 35.5. The van der Waals surface area contributed by atoms with E-state index in [1.807, 2.05) is 51.9 Å². The van der Waals surface area contributed by atoms with E-state index in [2.05, 4.69) is 10.2 Å². The summed E-state index contributed by atoms with van der Waals surface area (Å²) in [6, 6.07) is 13.6. The predicted octanol–water partition coefficient (Wildman–Crippen LogP) is 4.54. The quantitative estimate of drug-likeness (QED) is 0.510. The molecule has 5 rings (SSSR count). The second kappa shape index (κ2) is 9.42. The summed E-state index contributed by atoms with van der Waals surface area (Å²) in [5.74, 6) is 1.92. The fraction of sp³-hybridized carbons (Fsp3) is 0.348. The van der Waals surface area contributed by atoms with Crippen molar-refractivity contribution < 1.29 is 14.3 Å². The van der Waals surface area contributed by atoms with E-state index in [0.29, 0.717) is 29.1 Å². The van der Waals surface area contributed by atoms with E-state index in [-0.39, 0.29) is 11.9 Å². The summed E-state index contributed by atoms with van der Waals surface area (Å²) in [5.41, 5.74) is 1.95. The Morgan fingerprint density at radius 2 is 2.00 bits per heavy atom. The maximum absolute atomic E-state index is 13.1. The lowest BCUT2D eigenvalue weighted by atomic mass is 10.0. The number of nitrogens with zero attached hydrogens (tertiary/aromatic N) is 4. The van der Waals surface area contributed by atoms with Gasteiger partial charge >= 0.3 is 0 Å². The number of carbonyl (C=O) groups is 1. The third-order valence-electron chi connectivity index (χ3n) is 5.66. The van der Waals surface area contributed by atoms with E-state index < -0.39 is 0 Å². The van der Waals surface area contributed by atoms with Crippen molar-refractivity contribution in [3.8, 4) is 17.2 Å². The minimum Gasteiger partial charge on any atom is -0.490 e. The van der Waals surface area contributed by atoms with Crippen LogP contribution >= 0.6 is 23.4 Å². The van der Waals surface area contributed by atoms with Gasteiger partial charge in [-0.15, -0.1) is 10.2 Å². The molecule has 0 bridgehead atoms. The molecule has 32 heavy (non-hydrogen) atoms. The van der Waals surface area contributed by atoms with E-state index in [0.717, 1.165) is 48.6 Å². The first-order valence-corrected chi connectivity index (χ1v) is 12.0. The molecule has 1 fully saturated rings. The Hall–Kier alpha value is -2.71. The summed E-state index contributed by atoms with van der Waals surface area (Å²) in [4.78, 5) is 15.1. The number of thioether (sulfide) groups is 1. The Balaban J connectivity index is 1.28. The topological polar surface area (TPSA) is 69.5 Å². The van der Waals surface area contributed by atoms with Crippen LogP contribution in [0.15, 0.2) is 53.9 Å². The van der Waals surface area contributed by atoms with Crippen molar-refractivity contribution in [2.24, 2.45) is 0 Å². The minimum atomic E-state index is 0.0473. The van der Waals surface area contributed by atoms with Crippen LogP contribution in [0.1, 0.15) is 30.9 Å². The summed E-state index contributed by atoms with van der Waals surface area (Å²) >= 11 is 7.50. The van der Waals surface area contributed by atoms with Crippen LogP contribution in [-0.2, 0) is 4.79 Å². The first kappa shape index (κ1) is 21.2. The monoisotopic (exact) mass is 470 g/mol. The van der Waals surface area contributed by atoms with Gasteiger partial charge in [0.1, 0.15) is 6.33 Å². The van der Waals surface area contributed by atoms with Crippen LogP contribution < -0.4 is 9.47 Å². The number of hydrogen-bond donors (Lipinski definition) is 0. The van der Waals surface area contributed by atoms with Crippen LogP contribution in [0, 0.1) is 0 Å². The first-order chi connectivity index (χ1) is 15.7. The number of rotatable bonds is 5. The molecule has 2 aliphatic rings. The number of halogens is 1. The molecule has 0 spiro atoms. The van der Waals surface area contributed by atoms with Gasteiger partial charge in [-0.25, -0.2) is 0 Å². The summed E-state index contributed by atoms with van der Waals surface area (Å²) < 4.78 is 13.4. The molecule has 0 unspecified atom stereocenters. The third-order valence-corrected chi connectivity index (χ3v) is 6.82. The molecular weight excluding hydrogens is 448 g/mol. The van der Waals surface area contributed by atoms with Gasteiger partial charge in [-0.05, 0) is 48.7 Å². The Kier molecular flexibility index (Phi) is 6.23. The van der Waals surface area contributed by atoms with E-state index >= 15 is 0 Å². The van der Waals surface area contributed by atoms with Gasteiger partial charge in [0.25, 0.3) is 0 Å². The van der Waals surface area contributed by atoms with E-state index in [1.165, 1.54) is 11.8 Å². The summed E-state index contributed by atoms with van der Waals surface area (Å²) in [6.07, 6.45) is 4.42. The van der Waals surface area contributed by atoms with Crippen molar-refractivity contribution in [2.75, 3.05) is 25.5 Å². The average molecular weight is 471 g/mol. The molecule has 1 aromatic heterocycles. The van der Waals surface area contributed by atoms with Crippen molar-refractivity contribution in [1.29, 1.82) is 0 Å². The number of amides is 1. The zero-order chi connectivity index (χ0) is 21.9. The van der Waals surface area contributed by atoms with Crippen LogP contribution in [0.2, 0.25) is 5.02 Å². The molecule has 0 saturated carbocycles. The van der Waals surface area contributed by atoms with Crippen LogP contribution in [0.4, 0.5) is 0 Å². The van der Waals surface area contributed by atoms with Gasteiger partial charge in [-0.1, -0.05) is 35.5 Å². The molecular formula is C23H23ClN4O3S. The molecule has 0 aliphatic carbocycles. The van der Waals surface area contributed by atoms with E-state index in [9.17, 15) is 4.79 Å². The SMILES string of the molecule is O=C(CSc1nncn1-c1cccc(Cl)c1)N1CCC[C@H]1c1ccc2c(c1)OCCCO2. The number of carbonyl (C=O) groups excluding carboxylic acids is 1. The highest BCUT2D eigenvalue weighted by molar-refractivity contribution is 7.99.